The first-order valence-electron chi connectivity index (χ1n) is 6.48. The summed E-state index contributed by atoms with van der Waals surface area (Å²) in [6.45, 7) is 3.75. The summed E-state index contributed by atoms with van der Waals surface area (Å²) in [5, 5.41) is 14.0. The fourth-order valence-electron chi connectivity index (χ4n) is 1.85. The molecule has 0 aliphatic carbocycles. The molecule has 7 nitrogen and oxygen atoms in total. The number of hydrogen-bond acceptors (Lipinski definition) is 7. The number of rotatable bonds is 4. The van der Waals surface area contributed by atoms with Crippen LogP contribution in [-0.4, -0.2) is 25.7 Å². The van der Waals surface area contributed by atoms with Crippen molar-refractivity contribution >= 4 is 44.4 Å². The summed E-state index contributed by atoms with van der Waals surface area (Å²) >= 11 is 2.82. The summed E-state index contributed by atoms with van der Waals surface area (Å²) < 4.78 is 1.69. The van der Waals surface area contributed by atoms with Gasteiger partial charge in [0.15, 0.2) is 10.8 Å². The van der Waals surface area contributed by atoms with Crippen molar-refractivity contribution in [2.24, 2.45) is 7.05 Å². The highest BCUT2D eigenvalue weighted by Crippen LogP contribution is 2.28. The lowest BCUT2D eigenvalue weighted by Crippen LogP contribution is -2.13. The van der Waals surface area contributed by atoms with Gasteiger partial charge in [-0.3, -0.25) is 14.8 Å². The zero-order valence-corrected chi connectivity index (χ0v) is 13.9. The van der Waals surface area contributed by atoms with Crippen LogP contribution in [0.25, 0.3) is 0 Å². The quantitative estimate of drug-likeness (QED) is 0.766. The first-order valence-corrected chi connectivity index (χ1v) is 8.17. The van der Waals surface area contributed by atoms with E-state index in [0.29, 0.717) is 15.8 Å². The Morgan fingerprint density at radius 3 is 2.77 bits per heavy atom. The molecule has 0 radical (unpaired) electrons. The van der Waals surface area contributed by atoms with E-state index in [1.165, 1.54) is 22.7 Å². The first-order chi connectivity index (χ1) is 10.5. The maximum atomic E-state index is 12.4. The van der Waals surface area contributed by atoms with E-state index >= 15 is 0 Å². The molecule has 22 heavy (non-hydrogen) atoms. The normalized spacial score (nSPS) is 10.7. The van der Waals surface area contributed by atoms with Crippen molar-refractivity contribution in [1.82, 2.24) is 19.7 Å². The lowest BCUT2D eigenvalue weighted by Gasteiger charge is -2.03. The zero-order chi connectivity index (χ0) is 15.7. The Balaban J connectivity index is 1.82. The third-order valence-corrected chi connectivity index (χ3v) is 4.51. The second-order valence-corrected chi connectivity index (χ2v) is 6.75. The molecule has 3 aromatic rings. The molecule has 2 N–H and O–H groups in total. The topological polar surface area (TPSA) is 84.7 Å². The van der Waals surface area contributed by atoms with Gasteiger partial charge in [-0.25, -0.2) is 9.97 Å². The lowest BCUT2D eigenvalue weighted by atomic mass is 10.4. The molecule has 0 aliphatic rings. The smallest absolute Gasteiger partial charge is 0.279 e. The predicted octanol–water partition coefficient (Wildman–Crippen LogP) is 2.95. The molecule has 0 saturated carbocycles. The van der Waals surface area contributed by atoms with Crippen molar-refractivity contribution < 1.29 is 4.79 Å². The van der Waals surface area contributed by atoms with E-state index in [1.807, 2.05) is 32.5 Å². The van der Waals surface area contributed by atoms with Crippen LogP contribution >= 0.6 is 22.7 Å². The highest BCUT2D eigenvalue weighted by Gasteiger charge is 2.18. The number of carbonyl (C=O) groups excluding carboxylic acids is 1. The summed E-state index contributed by atoms with van der Waals surface area (Å²) in [7, 11) is 1.83. The minimum atomic E-state index is -0.273. The largest absolute Gasteiger partial charge is 0.343 e. The summed E-state index contributed by atoms with van der Waals surface area (Å²) in [6, 6.07) is 0. The minimum absolute atomic E-state index is 0.273. The number of nitrogens with one attached hydrogen (secondary N) is 2. The van der Waals surface area contributed by atoms with Crippen molar-refractivity contribution in [3.05, 3.63) is 34.2 Å². The van der Waals surface area contributed by atoms with Gasteiger partial charge in [-0.1, -0.05) is 0 Å². The van der Waals surface area contributed by atoms with Crippen molar-refractivity contribution in [3.8, 4) is 0 Å². The Hall–Kier alpha value is -2.26. The minimum Gasteiger partial charge on any atom is -0.343 e. The van der Waals surface area contributed by atoms with Crippen molar-refractivity contribution in [2.45, 2.75) is 13.8 Å². The van der Waals surface area contributed by atoms with Crippen LogP contribution in [0.15, 0.2) is 17.8 Å². The number of thiazole rings is 2. The average Bonchev–Trinajstić information content (AvgIpc) is 3.13. The lowest BCUT2D eigenvalue weighted by molar-refractivity contribution is 0.102. The molecule has 0 unspecified atom stereocenters. The summed E-state index contributed by atoms with van der Waals surface area (Å²) in [5.41, 5.74) is 2.05. The van der Waals surface area contributed by atoms with Crippen LogP contribution in [0.5, 0.6) is 0 Å². The summed E-state index contributed by atoms with van der Waals surface area (Å²) in [5.74, 6) is -0.273. The molecule has 3 heterocycles. The van der Waals surface area contributed by atoms with Crippen LogP contribution in [0.1, 0.15) is 21.2 Å². The molecule has 0 spiro atoms. The van der Waals surface area contributed by atoms with E-state index in [4.69, 9.17) is 0 Å². The molecule has 3 aromatic heterocycles. The van der Waals surface area contributed by atoms with Crippen molar-refractivity contribution in [2.75, 3.05) is 10.6 Å². The molecule has 114 valence electrons. The second-order valence-electron chi connectivity index (χ2n) is 4.69. The molecule has 3 rings (SSSR count). The Morgan fingerprint density at radius 1 is 1.32 bits per heavy atom. The van der Waals surface area contributed by atoms with E-state index in [0.717, 1.165) is 16.4 Å². The maximum Gasteiger partial charge on any atom is 0.279 e. The fourth-order valence-corrected chi connectivity index (χ4v) is 3.37. The van der Waals surface area contributed by atoms with Crippen LogP contribution in [0.3, 0.4) is 0 Å². The molecule has 9 heteroatoms. The molecule has 0 fully saturated rings. The summed E-state index contributed by atoms with van der Waals surface area (Å²) in [4.78, 5) is 20.9. The number of nitrogens with zero attached hydrogens (tertiary/aromatic N) is 4. The van der Waals surface area contributed by atoms with E-state index in [-0.39, 0.29) is 5.91 Å². The molecular weight excluding hydrogens is 320 g/mol. The number of amides is 1. The standard InChI is InChI=1S/C13H14N6OS2/c1-7-6-21-13(15-7)18-11(20)10-12(22-8(2)16-10)17-9-4-14-19(3)5-9/h4-6,17H,1-3H3,(H,15,18,20). The SMILES string of the molecule is Cc1csc(NC(=O)c2nc(C)sc2Nc2cnn(C)c2)n1. The van der Waals surface area contributed by atoms with Crippen LogP contribution in [0.4, 0.5) is 15.8 Å². The third-order valence-electron chi connectivity index (χ3n) is 2.75. The number of hydrogen-bond donors (Lipinski definition) is 2. The van der Waals surface area contributed by atoms with Gasteiger partial charge in [-0.05, 0) is 13.8 Å². The van der Waals surface area contributed by atoms with Crippen LogP contribution < -0.4 is 10.6 Å². The van der Waals surface area contributed by atoms with Gasteiger partial charge in [0, 0.05) is 18.6 Å². The van der Waals surface area contributed by atoms with Crippen molar-refractivity contribution in [1.29, 1.82) is 0 Å². The Labute approximate surface area is 135 Å². The maximum absolute atomic E-state index is 12.4. The predicted molar refractivity (Wildman–Crippen MR) is 88.1 cm³/mol. The first kappa shape index (κ1) is 14.7. The third kappa shape index (κ3) is 3.15. The van der Waals surface area contributed by atoms with Gasteiger partial charge in [0.1, 0.15) is 5.00 Å². The number of aromatic nitrogens is 4. The van der Waals surface area contributed by atoms with Crippen LogP contribution in [0, 0.1) is 13.8 Å². The van der Waals surface area contributed by atoms with E-state index < -0.39 is 0 Å². The van der Waals surface area contributed by atoms with E-state index in [2.05, 4.69) is 25.7 Å². The fraction of sp³-hybridized carbons (Fsp3) is 0.231. The van der Waals surface area contributed by atoms with Gasteiger partial charge in [-0.15, -0.1) is 22.7 Å². The van der Waals surface area contributed by atoms with Gasteiger partial charge in [0.05, 0.1) is 22.6 Å². The Kier molecular flexibility index (Phi) is 3.90. The Bertz CT molecular complexity index is 818. The molecular formula is C13H14N6OS2. The van der Waals surface area contributed by atoms with Gasteiger partial charge < -0.3 is 5.32 Å². The molecule has 1 amide bonds. The van der Waals surface area contributed by atoms with Gasteiger partial charge in [-0.2, -0.15) is 5.10 Å². The van der Waals surface area contributed by atoms with E-state index in [1.54, 1.807) is 10.9 Å². The Morgan fingerprint density at radius 2 is 2.14 bits per heavy atom. The average molecular weight is 334 g/mol. The van der Waals surface area contributed by atoms with Gasteiger partial charge in [0.2, 0.25) is 0 Å². The number of anilines is 3. The zero-order valence-electron chi connectivity index (χ0n) is 12.2. The van der Waals surface area contributed by atoms with Crippen LogP contribution in [-0.2, 0) is 7.05 Å². The number of aryl methyl sites for hydroxylation is 3. The second kappa shape index (κ2) is 5.85. The molecule has 0 bridgehead atoms. The summed E-state index contributed by atoms with van der Waals surface area (Å²) in [6.07, 6.45) is 3.53. The molecule has 0 aliphatic heterocycles. The van der Waals surface area contributed by atoms with Gasteiger partial charge >= 0.3 is 0 Å². The van der Waals surface area contributed by atoms with Crippen LogP contribution in [0.2, 0.25) is 0 Å². The number of carbonyl (C=O) groups is 1. The monoisotopic (exact) mass is 334 g/mol. The molecule has 0 saturated heterocycles. The van der Waals surface area contributed by atoms with E-state index in [9.17, 15) is 4.79 Å². The highest BCUT2D eigenvalue weighted by molar-refractivity contribution is 7.16. The van der Waals surface area contributed by atoms with Gasteiger partial charge in [0.25, 0.3) is 5.91 Å². The molecule has 0 aromatic carbocycles. The molecule has 0 atom stereocenters. The highest BCUT2D eigenvalue weighted by atomic mass is 32.1. The van der Waals surface area contributed by atoms with Crippen molar-refractivity contribution in [3.63, 3.8) is 0 Å².